The monoisotopic (exact) mass is 1030 g/mol. The lowest BCUT2D eigenvalue weighted by molar-refractivity contribution is 0.0717. The van der Waals surface area contributed by atoms with Gasteiger partial charge < -0.3 is 28.4 Å². The number of fused-ring (bicyclic) bond motifs is 2. The molecule has 0 atom stereocenters. The largest absolute Gasteiger partial charge is 0.423 e. The number of hydrogen-bond acceptors (Lipinski definition) is 12. The van der Waals surface area contributed by atoms with E-state index in [9.17, 15) is 28.8 Å². The SMILES string of the molecule is CCc1ccc(C(=O)Oc2ccc(C(=O)Oc3ccc(C(=O)Oc4ccc5ccccc5c4-c4c(OC(=O)c5ccc(OC(=O)c6ccc(OC(=O)c7ccc(CC)cc7)cc6)cc5)ccc5ccccc45)cc3)cc2)cc1. The molecule has 10 rings (SSSR count). The van der Waals surface area contributed by atoms with Crippen molar-refractivity contribution in [2.45, 2.75) is 26.7 Å². The van der Waals surface area contributed by atoms with E-state index >= 15 is 0 Å². The van der Waals surface area contributed by atoms with Crippen LogP contribution < -0.4 is 28.4 Å². The van der Waals surface area contributed by atoms with Crippen molar-refractivity contribution in [3.05, 3.63) is 263 Å². The standard InChI is InChI=1S/C66H46O12/c1-3-41-13-17-45(18-14-41)61(67)73-51-31-21-47(22-32-51)63(69)75-53-35-25-49(26-36-53)65(71)77-57-39-29-43-9-5-7-11-55(43)59(57)60-56-12-8-6-10-44(56)30-40-58(60)78-66(72)50-27-37-54(38-28-50)76-64(70)48-23-33-52(34-24-48)74-62(68)46-19-15-42(4-2)16-20-46/h5-40H,3-4H2,1-2H3. The van der Waals surface area contributed by atoms with E-state index in [4.69, 9.17) is 28.4 Å². The van der Waals surface area contributed by atoms with Crippen molar-refractivity contribution < 1.29 is 57.2 Å². The topological polar surface area (TPSA) is 158 Å². The second kappa shape index (κ2) is 23.0. The van der Waals surface area contributed by atoms with Crippen LogP contribution in [0.25, 0.3) is 32.7 Å². The van der Waals surface area contributed by atoms with Crippen molar-refractivity contribution in [1.82, 2.24) is 0 Å². The highest BCUT2D eigenvalue weighted by molar-refractivity contribution is 6.11. The number of carbonyl (C=O) groups is 6. The second-order valence-electron chi connectivity index (χ2n) is 17.9. The van der Waals surface area contributed by atoms with E-state index in [1.807, 2.05) is 98.8 Å². The third-order valence-corrected chi connectivity index (χ3v) is 12.8. The maximum Gasteiger partial charge on any atom is 0.343 e. The number of aryl methyl sites for hydroxylation is 2. The molecule has 0 saturated heterocycles. The first kappa shape index (κ1) is 51.0. The summed E-state index contributed by atoms with van der Waals surface area (Å²) in [6.07, 6.45) is 1.69. The minimum absolute atomic E-state index is 0.160. The molecule has 0 aliphatic carbocycles. The highest BCUT2D eigenvalue weighted by Gasteiger charge is 2.24. The number of esters is 6. The van der Waals surface area contributed by atoms with E-state index in [0.29, 0.717) is 33.0 Å². The Morgan fingerprint density at radius 3 is 0.782 bits per heavy atom. The van der Waals surface area contributed by atoms with Gasteiger partial charge in [-0.3, -0.25) is 0 Å². The fraction of sp³-hybridized carbons (Fsp3) is 0.0606. The van der Waals surface area contributed by atoms with Crippen LogP contribution in [-0.2, 0) is 12.8 Å². The van der Waals surface area contributed by atoms with Gasteiger partial charge in [0.05, 0.1) is 33.4 Å². The van der Waals surface area contributed by atoms with Crippen molar-refractivity contribution in [3.63, 3.8) is 0 Å². The number of ether oxygens (including phenoxy) is 6. The van der Waals surface area contributed by atoms with E-state index in [2.05, 4.69) is 0 Å². The lowest BCUT2D eigenvalue weighted by atomic mass is 9.92. The minimum atomic E-state index is -0.706. The van der Waals surface area contributed by atoms with Crippen LogP contribution >= 0.6 is 0 Å². The zero-order chi connectivity index (χ0) is 54.1. The molecule has 0 spiro atoms. The fourth-order valence-corrected chi connectivity index (χ4v) is 8.56. The lowest BCUT2D eigenvalue weighted by Gasteiger charge is -2.19. The highest BCUT2D eigenvalue weighted by Crippen LogP contribution is 2.46. The van der Waals surface area contributed by atoms with Gasteiger partial charge in [0.1, 0.15) is 34.5 Å². The van der Waals surface area contributed by atoms with Crippen LogP contribution in [-0.4, -0.2) is 35.8 Å². The van der Waals surface area contributed by atoms with Crippen LogP contribution in [0.2, 0.25) is 0 Å². The summed E-state index contributed by atoms with van der Waals surface area (Å²) in [6, 6.07) is 60.2. The molecule has 10 aromatic rings. The molecule has 78 heavy (non-hydrogen) atoms. The maximum atomic E-state index is 14.0. The smallest absolute Gasteiger partial charge is 0.343 e. The summed E-state index contributed by atoms with van der Waals surface area (Å²) >= 11 is 0. The lowest BCUT2D eigenvalue weighted by Crippen LogP contribution is -2.12. The van der Waals surface area contributed by atoms with Gasteiger partial charge in [-0.15, -0.1) is 0 Å². The van der Waals surface area contributed by atoms with Crippen LogP contribution in [0.1, 0.15) is 87.1 Å². The zero-order valence-corrected chi connectivity index (χ0v) is 42.1. The first-order valence-corrected chi connectivity index (χ1v) is 24.9. The molecule has 12 nitrogen and oxygen atoms in total. The summed E-state index contributed by atoms with van der Waals surface area (Å²) in [7, 11) is 0. The Bertz CT molecular complexity index is 3630. The van der Waals surface area contributed by atoms with Crippen LogP contribution in [0.4, 0.5) is 0 Å². The van der Waals surface area contributed by atoms with Gasteiger partial charge in [0.25, 0.3) is 0 Å². The van der Waals surface area contributed by atoms with Gasteiger partial charge in [-0.1, -0.05) is 98.8 Å². The Balaban J connectivity index is 0.826. The molecular formula is C66H46O12. The molecule has 0 aliphatic heterocycles. The first-order valence-electron chi connectivity index (χ1n) is 24.9. The van der Waals surface area contributed by atoms with Crippen molar-refractivity contribution in [1.29, 1.82) is 0 Å². The molecule has 0 saturated carbocycles. The van der Waals surface area contributed by atoms with E-state index in [1.54, 1.807) is 36.4 Å². The summed E-state index contributed by atoms with van der Waals surface area (Å²) in [4.78, 5) is 79.6. The quantitative estimate of drug-likeness (QED) is 0.0708. The summed E-state index contributed by atoms with van der Waals surface area (Å²) in [5, 5.41) is 3.09. The molecule has 382 valence electrons. The van der Waals surface area contributed by atoms with E-state index in [-0.39, 0.29) is 56.8 Å². The highest BCUT2D eigenvalue weighted by atomic mass is 16.6. The number of benzene rings is 10. The van der Waals surface area contributed by atoms with Crippen molar-refractivity contribution in [2.24, 2.45) is 0 Å². The van der Waals surface area contributed by atoms with Gasteiger partial charge in [-0.05, 0) is 179 Å². The van der Waals surface area contributed by atoms with Crippen molar-refractivity contribution >= 4 is 57.4 Å². The van der Waals surface area contributed by atoms with Crippen LogP contribution in [0.15, 0.2) is 218 Å². The third-order valence-electron chi connectivity index (χ3n) is 12.8. The summed E-state index contributed by atoms with van der Waals surface area (Å²) in [6.45, 7) is 4.05. The second-order valence-corrected chi connectivity index (χ2v) is 17.9. The Morgan fingerprint density at radius 1 is 0.269 bits per heavy atom. The number of rotatable bonds is 15. The maximum absolute atomic E-state index is 14.0. The summed E-state index contributed by atoms with van der Waals surface area (Å²) in [5.74, 6) is -2.56. The van der Waals surface area contributed by atoms with Gasteiger partial charge in [-0.2, -0.15) is 0 Å². The van der Waals surface area contributed by atoms with E-state index in [1.165, 1.54) is 97.1 Å². The third kappa shape index (κ3) is 11.6. The summed E-state index contributed by atoms with van der Waals surface area (Å²) < 4.78 is 34.5. The van der Waals surface area contributed by atoms with Gasteiger partial charge in [0, 0.05) is 11.1 Å². The van der Waals surface area contributed by atoms with Gasteiger partial charge in [0.15, 0.2) is 0 Å². The number of hydrogen-bond donors (Lipinski definition) is 0. The molecule has 0 N–H and O–H groups in total. The molecule has 0 radical (unpaired) electrons. The molecule has 0 amide bonds. The molecule has 0 bridgehead atoms. The van der Waals surface area contributed by atoms with E-state index < -0.39 is 35.8 Å². The fourth-order valence-electron chi connectivity index (χ4n) is 8.56. The minimum Gasteiger partial charge on any atom is -0.423 e. The molecule has 0 aromatic heterocycles. The first-order chi connectivity index (χ1) is 38.0. The Labute approximate surface area is 447 Å². The van der Waals surface area contributed by atoms with Gasteiger partial charge >= 0.3 is 35.8 Å². The number of carbonyl (C=O) groups excluding carboxylic acids is 6. The zero-order valence-electron chi connectivity index (χ0n) is 42.1. The van der Waals surface area contributed by atoms with Crippen molar-refractivity contribution in [2.75, 3.05) is 0 Å². The van der Waals surface area contributed by atoms with Gasteiger partial charge in [0.2, 0.25) is 0 Å². The average molecular weight is 1030 g/mol. The molecule has 10 aromatic carbocycles. The van der Waals surface area contributed by atoms with Crippen LogP contribution in [0.5, 0.6) is 34.5 Å². The van der Waals surface area contributed by atoms with Crippen molar-refractivity contribution in [3.8, 4) is 45.6 Å². The normalized spacial score (nSPS) is 10.8. The predicted octanol–water partition coefficient (Wildman–Crippen LogP) is 14.1. The molecule has 0 fully saturated rings. The van der Waals surface area contributed by atoms with Gasteiger partial charge in [-0.25, -0.2) is 28.8 Å². The average Bonchev–Trinajstić information content (AvgIpc) is 3.53. The van der Waals surface area contributed by atoms with Crippen LogP contribution in [0.3, 0.4) is 0 Å². The molecule has 0 heterocycles. The van der Waals surface area contributed by atoms with E-state index in [0.717, 1.165) is 34.7 Å². The Morgan fingerprint density at radius 2 is 0.513 bits per heavy atom. The summed E-state index contributed by atoms with van der Waals surface area (Å²) in [5.41, 5.74) is 4.73. The molecule has 12 heteroatoms. The molecule has 0 unspecified atom stereocenters. The molecule has 0 aliphatic rings. The predicted molar refractivity (Wildman–Crippen MR) is 294 cm³/mol. The Hall–Kier alpha value is -10.5. The Kier molecular flexibility index (Phi) is 15.0. The van der Waals surface area contributed by atoms with Crippen LogP contribution in [0, 0.1) is 0 Å². The molecular weight excluding hydrogens is 985 g/mol.